The molecule has 0 atom stereocenters. The standard InChI is InChI=1S/C9H6N4OS/c1-4-12-5-6-9(11-3-2-10-6)15-7(5)8(14)13-4/h2-3H,1H3,(H,12,13,14). The third-order valence-corrected chi connectivity index (χ3v) is 3.16. The Bertz CT molecular complexity index is 715. The molecule has 74 valence electrons. The molecule has 6 heteroatoms. The summed E-state index contributed by atoms with van der Waals surface area (Å²) in [5.74, 6) is 0.595. The van der Waals surface area contributed by atoms with Crippen LogP contribution in [0, 0.1) is 6.92 Å². The summed E-state index contributed by atoms with van der Waals surface area (Å²) < 4.78 is 0.585. The van der Waals surface area contributed by atoms with Gasteiger partial charge in [0, 0.05) is 12.4 Å². The van der Waals surface area contributed by atoms with Crippen LogP contribution in [-0.2, 0) is 0 Å². The number of aryl methyl sites for hydroxylation is 1. The third-order valence-electron chi connectivity index (χ3n) is 2.08. The van der Waals surface area contributed by atoms with Crippen LogP contribution in [0.3, 0.4) is 0 Å². The van der Waals surface area contributed by atoms with Gasteiger partial charge in [0.05, 0.1) is 0 Å². The summed E-state index contributed by atoms with van der Waals surface area (Å²) in [4.78, 5) is 27.7. The first-order valence-electron chi connectivity index (χ1n) is 4.36. The number of aromatic nitrogens is 4. The van der Waals surface area contributed by atoms with Crippen LogP contribution in [0.5, 0.6) is 0 Å². The van der Waals surface area contributed by atoms with Gasteiger partial charge >= 0.3 is 0 Å². The van der Waals surface area contributed by atoms with E-state index < -0.39 is 0 Å². The average Bonchev–Trinajstić information content (AvgIpc) is 2.57. The summed E-state index contributed by atoms with van der Waals surface area (Å²) in [6.45, 7) is 1.75. The number of nitrogens with one attached hydrogen (secondary N) is 1. The number of aromatic amines is 1. The van der Waals surface area contributed by atoms with Crippen LogP contribution in [0.1, 0.15) is 5.82 Å². The SMILES string of the molecule is Cc1nc2c(sc3nccnc32)c(=O)[nH]1. The van der Waals surface area contributed by atoms with Gasteiger partial charge in [-0.3, -0.25) is 4.79 Å². The lowest BCUT2D eigenvalue weighted by Crippen LogP contribution is -2.07. The summed E-state index contributed by atoms with van der Waals surface area (Å²) in [6.07, 6.45) is 3.21. The van der Waals surface area contributed by atoms with Crippen molar-refractivity contribution in [3.05, 3.63) is 28.6 Å². The van der Waals surface area contributed by atoms with Crippen LogP contribution in [0.4, 0.5) is 0 Å². The average molecular weight is 218 g/mol. The molecule has 3 aromatic heterocycles. The zero-order valence-corrected chi connectivity index (χ0v) is 8.63. The van der Waals surface area contributed by atoms with E-state index in [4.69, 9.17) is 0 Å². The maximum Gasteiger partial charge on any atom is 0.269 e. The van der Waals surface area contributed by atoms with Gasteiger partial charge in [-0.1, -0.05) is 0 Å². The molecular formula is C9H6N4OS. The first kappa shape index (κ1) is 8.49. The van der Waals surface area contributed by atoms with Gasteiger partial charge < -0.3 is 4.98 Å². The molecule has 0 aromatic carbocycles. The monoisotopic (exact) mass is 218 g/mol. The van der Waals surface area contributed by atoms with Crippen LogP contribution >= 0.6 is 11.3 Å². The quantitative estimate of drug-likeness (QED) is 0.616. The van der Waals surface area contributed by atoms with Crippen LogP contribution in [0.25, 0.3) is 20.6 Å². The lowest BCUT2D eigenvalue weighted by molar-refractivity contribution is 1.06. The van der Waals surface area contributed by atoms with Crippen molar-refractivity contribution in [2.24, 2.45) is 0 Å². The van der Waals surface area contributed by atoms with Gasteiger partial charge in [0.2, 0.25) is 0 Å². The van der Waals surface area contributed by atoms with Gasteiger partial charge in [-0.05, 0) is 6.92 Å². The van der Waals surface area contributed by atoms with Gasteiger partial charge in [0.25, 0.3) is 5.56 Å². The molecule has 0 saturated carbocycles. The molecule has 0 radical (unpaired) electrons. The Balaban J connectivity index is 2.67. The molecule has 0 aliphatic heterocycles. The maximum absolute atomic E-state index is 11.6. The van der Waals surface area contributed by atoms with E-state index in [2.05, 4.69) is 19.9 Å². The van der Waals surface area contributed by atoms with Gasteiger partial charge in [-0.2, -0.15) is 0 Å². The first-order valence-corrected chi connectivity index (χ1v) is 5.17. The van der Waals surface area contributed by atoms with Gasteiger partial charge in [0.15, 0.2) is 0 Å². The Hall–Kier alpha value is -1.82. The summed E-state index contributed by atoms with van der Waals surface area (Å²) in [6, 6.07) is 0. The molecule has 3 rings (SSSR count). The summed E-state index contributed by atoms with van der Waals surface area (Å²) in [5.41, 5.74) is 1.22. The van der Waals surface area contributed by atoms with Gasteiger partial charge in [0.1, 0.15) is 26.4 Å². The van der Waals surface area contributed by atoms with Crippen molar-refractivity contribution in [2.75, 3.05) is 0 Å². The highest BCUT2D eigenvalue weighted by Gasteiger charge is 2.11. The second kappa shape index (κ2) is 2.83. The van der Waals surface area contributed by atoms with Crippen molar-refractivity contribution in [2.45, 2.75) is 6.92 Å². The van der Waals surface area contributed by atoms with E-state index >= 15 is 0 Å². The smallest absolute Gasteiger partial charge is 0.269 e. The fraction of sp³-hybridized carbons (Fsp3) is 0.111. The minimum Gasteiger partial charge on any atom is -0.310 e. The zero-order valence-electron chi connectivity index (χ0n) is 7.81. The third kappa shape index (κ3) is 1.15. The zero-order chi connectivity index (χ0) is 10.4. The number of hydrogen-bond acceptors (Lipinski definition) is 5. The fourth-order valence-electron chi connectivity index (χ4n) is 1.49. The molecule has 0 saturated heterocycles. The second-order valence-corrected chi connectivity index (χ2v) is 4.14. The molecule has 0 aliphatic carbocycles. The van der Waals surface area contributed by atoms with E-state index in [-0.39, 0.29) is 5.56 Å². The molecular weight excluding hydrogens is 212 g/mol. The molecule has 3 heterocycles. The summed E-state index contributed by atoms with van der Waals surface area (Å²) in [5, 5.41) is 0. The molecule has 0 aliphatic rings. The van der Waals surface area contributed by atoms with E-state index in [1.54, 1.807) is 19.3 Å². The number of rotatable bonds is 0. The predicted octanol–water partition coefficient (Wildman–Crippen LogP) is 1.24. The summed E-state index contributed by atoms with van der Waals surface area (Å²) >= 11 is 1.32. The van der Waals surface area contributed by atoms with E-state index in [0.29, 0.717) is 21.6 Å². The molecule has 0 amide bonds. The van der Waals surface area contributed by atoms with Crippen molar-refractivity contribution in [1.29, 1.82) is 0 Å². The normalized spacial score (nSPS) is 11.3. The van der Waals surface area contributed by atoms with Gasteiger partial charge in [-0.25, -0.2) is 15.0 Å². The highest BCUT2D eigenvalue weighted by molar-refractivity contribution is 7.25. The van der Waals surface area contributed by atoms with Crippen LogP contribution in [0.15, 0.2) is 17.2 Å². The minimum absolute atomic E-state index is 0.123. The maximum atomic E-state index is 11.6. The first-order chi connectivity index (χ1) is 7.25. The molecule has 1 N–H and O–H groups in total. The van der Waals surface area contributed by atoms with Gasteiger partial charge in [-0.15, -0.1) is 11.3 Å². The molecule has 3 aromatic rings. The Kier molecular flexibility index (Phi) is 1.60. The van der Waals surface area contributed by atoms with E-state index in [1.807, 2.05) is 0 Å². The second-order valence-electron chi connectivity index (χ2n) is 3.14. The van der Waals surface area contributed by atoms with Crippen molar-refractivity contribution in [1.82, 2.24) is 19.9 Å². The number of fused-ring (bicyclic) bond motifs is 3. The minimum atomic E-state index is -0.123. The van der Waals surface area contributed by atoms with Crippen LogP contribution in [0.2, 0.25) is 0 Å². The van der Waals surface area contributed by atoms with Crippen LogP contribution in [-0.4, -0.2) is 19.9 Å². The molecule has 5 nitrogen and oxygen atoms in total. The van der Waals surface area contributed by atoms with E-state index in [1.165, 1.54) is 11.3 Å². The summed E-state index contributed by atoms with van der Waals surface area (Å²) in [7, 11) is 0. The molecule has 15 heavy (non-hydrogen) atoms. The van der Waals surface area contributed by atoms with Crippen molar-refractivity contribution >= 4 is 31.9 Å². The van der Waals surface area contributed by atoms with E-state index in [0.717, 1.165) is 4.83 Å². The Morgan fingerprint density at radius 2 is 2.07 bits per heavy atom. The Morgan fingerprint density at radius 1 is 1.27 bits per heavy atom. The van der Waals surface area contributed by atoms with E-state index in [9.17, 15) is 4.79 Å². The fourth-order valence-corrected chi connectivity index (χ4v) is 2.42. The molecule has 0 unspecified atom stereocenters. The van der Waals surface area contributed by atoms with Crippen molar-refractivity contribution in [3.8, 4) is 0 Å². The molecule has 0 bridgehead atoms. The highest BCUT2D eigenvalue weighted by Crippen LogP contribution is 2.26. The molecule has 0 spiro atoms. The lowest BCUT2D eigenvalue weighted by atomic mass is 10.4. The molecule has 0 fully saturated rings. The largest absolute Gasteiger partial charge is 0.310 e. The Labute approximate surface area is 87.8 Å². The predicted molar refractivity (Wildman–Crippen MR) is 58.1 cm³/mol. The lowest BCUT2D eigenvalue weighted by Gasteiger charge is -1.91. The Morgan fingerprint density at radius 3 is 2.93 bits per heavy atom. The number of thiophene rings is 1. The highest BCUT2D eigenvalue weighted by atomic mass is 32.1. The van der Waals surface area contributed by atoms with Crippen LogP contribution < -0.4 is 5.56 Å². The van der Waals surface area contributed by atoms with Crippen molar-refractivity contribution in [3.63, 3.8) is 0 Å². The number of H-pyrrole nitrogens is 1. The van der Waals surface area contributed by atoms with Crippen molar-refractivity contribution < 1.29 is 0 Å². The number of nitrogens with zero attached hydrogens (tertiary/aromatic N) is 3. The topological polar surface area (TPSA) is 71.5 Å². The number of hydrogen-bond donors (Lipinski definition) is 1.